The average Bonchev–Trinajstić information content (AvgIpc) is 2.72. The topological polar surface area (TPSA) is 86.8 Å². The van der Waals surface area contributed by atoms with Crippen molar-refractivity contribution in [1.29, 1.82) is 0 Å². The fourth-order valence-corrected chi connectivity index (χ4v) is 4.14. The molecule has 0 heterocycles. The molecule has 0 saturated heterocycles. The molecule has 1 unspecified atom stereocenters. The molecule has 0 aliphatic heterocycles. The molecular formula is C21H25ClFN3O4S. The summed E-state index contributed by atoms with van der Waals surface area (Å²) in [4.78, 5) is 27.0. The molecule has 31 heavy (non-hydrogen) atoms. The number of nitrogens with zero attached hydrogens (tertiary/aromatic N) is 2. The summed E-state index contributed by atoms with van der Waals surface area (Å²) in [6.45, 7) is 1.24. The molecule has 0 aromatic heterocycles. The van der Waals surface area contributed by atoms with Gasteiger partial charge in [0.1, 0.15) is 18.4 Å². The summed E-state index contributed by atoms with van der Waals surface area (Å²) >= 11 is 5.99. The predicted molar refractivity (Wildman–Crippen MR) is 119 cm³/mol. The Hall–Kier alpha value is -2.65. The SMILES string of the molecule is CCC(C(=O)NC)N(Cc1ccc(F)cc1)C(=O)CN(c1cccc(Cl)c1)S(C)(=O)=O. The summed E-state index contributed by atoms with van der Waals surface area (Å²) in [6.07, 6.45) is 1.30. The second-order valence-corrected chi connectivity index (χ2v) is 9.28. The van der Waals surface area contributed by atoms with Crippen molar-refractivity contribution < 1.29 is 22.4 Å². The Labute approximate surface area is 186 Å². The molecule has 2 amide bonds. The molecule has 0 saturated carbocycles. The first-order valence-electron chi connectivity index (χ1n) is 9.55. The molecule has 10 heteroatoms. The van der Waals surface area contributed by atoms with Crippen molar-refractivity contribution in [2.24, 2.45) is 0 Å². The van der Waals surface area contributed by atoms with Gasteiger partial charge in [-0.2, -0.15) is 0 Å². The number of rotatable bonds is 9. The fraction of sp³-hybridized carbons (Fsp3) is 0.333. The monoisotopic (exact) mass is 469 g/mol. The number of amides is 2. The number of hydrogen-bond acceptors (Lipinski definition) is 4. The average molecular weight is 470 g/mol. The van der Waals surface area contributed by atoms with E-state index in [0.717, 1.165) is 10.6 Å². The standard InChI is InChI=1S/C21H25ClFN3O4S/c1-4-19(21(28)24-2)25(13-15-8-10-17(23)11-9-15)20(27)14-26(31(3,29)30)18-7-5-6-16(22)12-18/h5-12,19H,4,13-14H2,1-3H3,(H,24,28). The van der Waals surface area contributed by atoms with Gasteiger partial charge in [-0.25, -0.2) is 12.8 Å². The van der Waals surface area contributed by atoms with Gasteiger partial charge >= 0.3 is 0 Å². The minimum Gasteiger partial charge on any atom is -0.357 e. The number of carbonyl (C=O) groups excluding carboxylic acids is 2. The van der Waals surface area contributed by atoms with Crippen LogP contribution in [0.4, 0.5) is 10.1 Å². The van der Waals surface area contributed by atoms with E-state index in [0.29, 0.717) is 17.0 Å². The summed E-state index contributed by atoms with van der Waals surface area (Å²) in [5, 5.41) is 2.84. The third-order valence-corrected chi connectivity index (χ3v) is 6.05. The van der Waals surface area contributed by atoms with Crippen LogP contribution in [0.25, 0.3) is 0 Å². The number of hydrogen-bond donors (Lipinski definition) is 1. The van der Waals surface area contributed by atoms with Crippen molar-refractivity contribution in [3.63, 3.8) is 0 Å². The van der Waals surface area contributed by atoms with Gasteiger partial charge in [0.15, 0.2) is 0 Å². The number of nitrogens with one attached hydrogen (secondary N) is 1. The second kappa shape index (κ2) is 10.6. The molecule has 2 aromatic rings. The Kier molecular flexibility index (Phi) is 8.41. The van der Waals surface area contributed by atoms with Crippen molar-refractivity contribution in [3.05, 3.63) is 64.9 Å². The summed E-state index contributed by atoms with van der Waals surface area (Å²) in [5.74, 6) is -1.39. The lowest BCUT2D eigenvalue weighted by Gasteiger charge is -2.32. The fourth-order valence-electron chi connectivity index (χ4n) is 3.12. The maximum Gasteiger partial charge on any atom is 0.244 e. The zero-order chi connectivity index (χ0) is 23.2. The molecule has 2 aromatic carbocycles. The van der Waals surface area contributed by atoms with Gasteiger partial charge in [-0.1, -0.05) is 36.7 Å². The van der Waals surface area contributed by atoms with E-state index in [4.69, 9.17) is 11.6 Å². The van der Waals surface area contributed by atoms with Crippen LogP contribution >= 0.6 is 11.6 Å². The Bertz CT molecular complexity index is 1030. The van der Waals surface area contributed by atoms with Gasteiger partial charge in [0.2, 0.25) is 21.8 Å². The highest BCUT2D eigenvalue weighted by Gasteiger charge is 2.31. The normalized spacial score (nSPS) is 12.2. The molecule has 1 atom stereocenters. The Morgan fingerprint density at radius 3 is 2.32 bits per heavy atom. The van der Waals surface area contributed by atoms with E-state index in [9.17, 15) is 22.4 Å². The molecule has 0 radical (unpaired) electrons. The van der Waals surface area contributed by atoms with E-state index < -0.39 is 34.3 Å². The highest BCUT2D eigenvalue weighted by molar-refractivity contribution is 7.92. The Balaban J connectivity index is 2.41. The van der Waals surface area contributed by atoms with Crippen LogP contribution in [-0.2, 0) is 26.2 Å². The molecule has 0 bridgehead atoms. The summed E-state index contributed by atoms with van der Waals surface area (Å²) < 4.78 is 39.1. The number of benzene rings is 2. The quantitative estimate of drug-likeness (QED) is 0.611. The molecule has 0 aliphatic carbocycles. The van der Waals surface area contributed by atoms with E-state index >= 15 is 0 Å². The van der Waals surface area contributed by atoms with E-state index in [-0.39, 0.29) is 18.1 Å². The first kappa shape index (κ1) is 24.6. The van der Waals surface area contributed by atoms with Gasteiger partial charge in [-0.05, 0) is 42.3 Å². The predicted octanol–water partition coefficient (Wildman–Crippen LogP) is 2.80. The van der Waals surface area contributed by atoms with Crippen LogP contribution in [0.3, 0.4) is 0 Å². The molecule has 2 rings (SSSR count). The first-order valence-corrected chi connectivity index (χ1v) is 11.8. The Morgan fingerprint density at radius 1 is 1.16 bits per heavy atom. The van der Waals surface area contributed by atoms with Crippen molar-refractivity contribution in [1.82, 2.24) is 10.2 Å². The van der Waals surface area contributed by atoms with Crippen molar-refractivity contribution in [2.45, 2.75) is 25.9 Å². The summed E-state index contributed by atoms with van der Waals surface area (Å²) in [6, 6.07) is 10.8. The van der Waals surface area contributed by atoms with Gasteiger partial charge < -0.3 is 10.2 Å². The van der Waals surface area contributed by atoms with Crippen molar-refractivity contribution >= 4 is 39.1 Å². The van der Waals surface area contributed by atoms with Crippen LogP contribution in [0, 0.1) is 5.82 Å². The molecule has 1 N–H and O–H groups in total. The second-order valence-electron chi connectivity index (χ2n) is 6.94. The molecule has 168 valence electrons. The lowest BCUT2D eigenvalue weighted by Crippen LogP contribution is -2.51. The van der Waals surface area contributed by atoms with Gasteiger partial charge in [-0.15, -0.1) is 0 Å². The van der Waals surface area contributed by atoms with Crippen LogP contribution < -0.4 is 9.62 Å². The minimum atomic E-state index is -3.82. The van der Waals surface area contributed by atoms with Crippen LogP contribution in [0.5, 0.6) is 0 Å². The highest BCUT2D eigenvalue weighted by Crippen LogP contribution is 2.23. The van der Waals surface area contributed by atoms with Crippen molar-refractivity contribution in [3.8, 4) is 0 Å². The lowest BCUT2D eigenvalue weighted by molar-refractivity contribution is -0.140. The molecule has 7 nitrogen and oxygen atoms in total. The van der Waals surface area contributed by atoms with Crippen LogP contribution in [0.2, 0.25) is 5.02 Å². The highest BCUT2D eigenvalue weighted by atomic mass is 35.5. The van der Waals surface area contributed by atoms with Crippen LogP contribution in [-0.4, -0.2) is 51.0 Å². The molecule has 0 spiro atoms. The minimum absolute atomic E-state index is 0.0121. The number of carbonyl (C=O) groups is 2. The van der Waals surface area contributed by atoms with E-state index in [1.165, 1.54) is 48.3 Å². The van der Waals surface area contributed by atoms with E-state index in [2.05, 4.69) is 5.32 Å². The summed E-state index contributed by atoms with van der Waals surface area (Å²) in [7, 11) is -2.36. The van der Waals surface area contributed by atoms with Gasteiger partial charge in [0.25, 0.3) is 0 Å². The lowest BCUT2D eigenvalue weighted by atomic mass is 10.1. The third-order valence-electron chi connectivity index (χ3n) is 4.67. The number of sulfonamides is 1. The number of likely N-dealkylation sites (N-methyl/N-ethyl adjacent to an activating group) is 1. The maximum absolute atomic E-state index is 13.3. The maximum atomic E-state index is 13.3. The zero-order valence-electron chi connectivity index (χ0n) is 17.5. The molecule has 0 fully saturated rings. The largest absolute Gasteiger partial charge is 0.357 e. The molecular weight excluding hydrogens is 445 g/mol. The van der Waals surface area contributed by atoms with E-state index in [1.807, 2.05) is 0 Å². The molecule has 0 aliphatic rings. The van der Waals surface area contributed by atoms with Gasteiger partial charge in [-0.3, -0.25) is 13.9 Å². The number of anilines is 1. The summed E-state index contributed by atoms with van der Waals surface area (Å²) in [5.41, 5.74) is 0.837. The van der Waals surface area contributed by atoms with Crippen LogP contribution in [0.15, 0.2) is 48.5 Å². The van der Waals surface area contributed by atoms with Gasteiger partial charge in [0, 0.05) is 18.6 Å². The Morgan fingerprint density at radius 2 is 1.81 bits per heavy atom. The first-order chi connectivity index (χ1) is 14.6. The zero-order valence-corrected chi connectivity index (χ0v) is 19.1. The van der Waals surface area contributed by atoms with Crippen molar-refractivity contribution in [2.75, 3.05) is 24.2 Å². The van der Waals surface area contributed by atoms with Crippen LogP contribution in [0.1, 0.15) is 18.9 Å². The number of halogens is 2. The van der Waals surface area contributed by atoms with Gasteiger partial charge in [0.05, 0.1) is 11.9 Å². The van der Waals surface area contributed by atoms with E-state index in [1.54, 1.807) is 19.1 Å². The smallest absolute Gasteiger partial charge is 0.244 e. The third kappa shape index (κ3) is 6.67.